The summed E-state index contributed by atoms with van der Waals surface area (Å²) >= 11 is 0. The van der Waals surface area contributed by atoms with Crippen LogP contribution in [0.4, 0.5) is 0 Å². The van der Waals surface area contributed by atoms with E-state index in [0.29, 0.717) is 5.75 Å². The maximum atomic E-state index is 5.20. The summed E-state index contributed by atoms with van der Waals surface area (Å²) in [6.45, 7) is 8.75. The van der Waals surface area contributed by atoms with Gasteiger partial charge in [0.1, 0.15) is 12.4 Å². The van der Waals surface area contributed by atoms with Gasteiger partial charge in [0.2, 0.25) is 0 Å². The molecule has 0 amide bonds. The lowest BCUT2D eigenvalue weighted by atomic mass is 9.80. The van der Waals surface area contributed by atoms with Gasteiger partial charge in [0.15, 0.2) is 0 Å². The zero-order chi connectivity index (χ0) is 36.6. The SMILES string of the molecule is C.C#CCOc1cccc(C#C)c1.CC.CC1(C#Cc2cccc(C#CC3(C)c4ccccc4-c4ccccc43)c2)c2ccccc2-c2ccccc21. The van der Waals surface area contributed by atoms with Crippen LogP contribution in [0.2, 0.25) is 0 Å². The molecule has 2 aliphatic carbocycles. The first kappa shape index (κ1) is 37.6. The topological polar surface area (TPSA) is 9.23 Å². The van der Waals surface area contributed by atoms with Crippen LogP contribution in [-0.4, -0.2) is 6.61 Å². The number of fused-ring (bicyclic) bond motifs is 6. The molecular weight excluding hydrogens is 641 g/mol. The second-order valence-electron chi connectivity index (χ2n) is 12.7. The minimum atomic E-state index is -0.348. The minimum absolute atomic E-state index is 0. The highest BCUT2D eigenvalue weighted by Crippen LogP contribution is 2.49. The van der Waals surface area contributed by atoms with E-state index in [4.69, 9.17) is 17.6 Å². The third kappa shape index (κ3) is 7.40. The van der Waals surface area contributed by atoms with Crippen molar-refractivity contribution in [3.63, 3.8) is 0 Å². The van der Waals surface area contributed by atoms with E-state index in [-0.39, 0.29) is 24.9 Å². The first-order chi connectivity index (χ1) is 25.4. The summed E-state index contributed by atoms with van der Waals surface area (Å²) in [5.41, 5.74) is 12.3. The minimum Gasteiger partial charge on any atom is -0.481 e. The Bertz CT molecular complexity index is 2230. The smallest absolute Gasteiger partial charge is 0.148 e. The summed E-state index contributed by atoms with van der Waals surface area (Å²) < 4.78 is 5.17. The Balaban J connectivity index is 0.000000308. The van der Waals surface area contributed by atoms with Gasteiger partial charge in [-0.3, -0.25) is 0 Å². The lowest BCUT2D eigenvalue weighted by molar-refractivity contribution is 0.370. The van der Waals surface area contributed by atoms with E-state index < -0.39 is 0 Å². The third-order valence-corrected chi connectivity index (χ3v) is 9.54. The van der Waals surface area contributed by atoms with Gasteiger partial charge in [-0.05, 0) is 94.8 Å². The standard InChI is InChI=1S/C38H26.C11H8O.C2H6.CH4/c1-37(33-18-7-3-14-29(33)30-15-4-8-19-34(30)37)24-22-27-12-11-13-28(26-27)23-25-38(2)35-20-9-5-16-31(35)32-17-6-10-21-36(32)38;1-3-8-12-11-7-5-6-10(4-2)9-11;1-2;/h3-21,26H,1-2H3;1-2,5-7,9H,8H2;1-2H3;1H4. The summed E-state index contributed by atoms with van der Waals surface area (Å²) in [6.07, 6.45) is 10.2. The maximum absolute atomic E-state index is 5.20. The van der Waals surface area contributed by atoms with Gasteiger partial charge in [-0.2, -0.15) is 0 Å². The average molecular weight is 685 g/mol. The second kappa shape index (κ2) is 16.6. The highest BCUT2D eigenvalue weighted by molar-refractivity contribution is 5.84. The summed E-state index contributed by atoms with van der Waals surface area (Å²) in [4.78, 5) is 0. The molecule has 0 unspecified atom stereocenters. The average Bonchev–Trinajstić information content (AvgIpc) is 3.62. The summed E-state index contributed by atoms with van der Waals surface area (Å²) in [5.74, 6) is 19.9. The van der Waals surface area contributed by atoms with E-state index in [1.165, 1.54) is 44.5 Å². The van der Waals surface area contributed by atoms with Crippen molar-refractivity contribution in [3.8, 4) is 76.4 Å². The zero-order valence-corrected chi connectivity index (χ0v) is 30.1. The van der Waals surface area contributed by atoms with Crippen molar-refractivity contribution in [3.05, 3.63) is 185 Å². The summed E-state index contributed by atoms with van der Waals surface area (Å²) in [7, 11) is 0. The molecule has 0 aliphatic heterocycles. The van der Waals surface area contributed by atoms with Crippen LogP contribution >= 0.6 is 0 Å². The van der Waals surface area contributed by atoms with Gasteiger partial charge in [0.25, 0.3) is 0 Å². The number of terminal acetylenes is 2. The van der Waals surface area contributed by atoms with Gasteiger partial charge in [-0.25, -0.2) is 0 Å². The monoisotopic (exact) mass is 684 g/mol. The van der Waals surface area contributed by atoms with E-state index in [1.54, 1.807) is 6.07 Å². The van der Waals surface area contributed by atoms with Crippen molar-refractivity contribution in [2.75, 3.05) is 6.61 Å². The fraction of sp³-hybridized carbons (Fsp3) is 0.154. The molecule has 0 N–H and O–H groups in total. The van der Waals surface area contributed by atoms with Crippen LogP contribution in [0, 0.1) is 48.4 Å². The number of ether oxygens (including phenoxy) is 1. The van der Waals surface area contributed by atoms with Gasteiger partial charge >= 0.3 is 0 Å². The molecule has 0 radical (unpaired) electrons. The zero-order valence-electron chi connectivity index (χ0n) is 30.1. The molecule has 0 bridgehead atoms. The Morgan fingerprint density at radius 2 is 0.868 bits per heavy atom. The molecular formula is C52H44O. The number of hydrogen-bond donors (Lipinski definition) is 0. The number of hydrogen-bond acceptors (Lipinski definition) is 1. The van der Waals surface area contributed by atoms with E-state index in [0.717, 1.165) is 16.7 Å². The molecule has 8 rings (SSSR count). The van der Waals surface area contributed by atoms with Crippen molar-refractivity contribution in [1.82, 2.24) is 0 Å². The third-order valence-electron chi connectivity index (χ3n) is 9.54. The van der Waals surface area contributed by atoms with Crippen molar-refractivity contribution >= 4 is 0 Å². The van der Waals surface area contributed by atoms with Gasteiger partial charge in [-0.1, -0.05) is 166 Å². The van der Waals surface area contributed by atoms with Gasteiger partial charge < -0.3 is 4.74 Å². The Kier molecular flexibility index (Phi) is 11.8. The summed E-state index contributed by atoms with van der Waals surface area (Å²) in [5, 5.41) is 0. The first-order valence-electron chi connectivity index (χ1n) is 17.6. The molecule has 0 spiro atoms. The Labute approximate surface area is 317 Å². The number of rotatable bonds is 2. The molecule has 1 nitrogen and oxygen atoms in total. The normalized spacial score (nSPS) is 12.4. The van der Waals surface area contributed by atoms with Crippen LogP contribution in [0.1, 0.15) is 74.1 Å². The summed E-state index contributed by atoms with van der Waals surface area (Å²) in [6, 6.07) is 50.2. The molecule has 53 heavy (non-hydrogen) atoms. The van der Waals surface area contributed by atoms with Crippen LogP contribution in [0.3, 0.4) is 0 Å². The lowest BCUT2D eigenvalue weighted by Crippen LogP contribution is -2.18. The first-order valence-corrected chi connectivity index (χ1v) is 17.6. The van der Waals surface area contributed by atoms with Gasteiger partial charge in [0, 0.05) is 16.7 Å². The van der Waals surface area contributed by atoms with Crippen molar-refractivity contribution < 1.29 is 4.74 Å². The van der Waals surface area contributed by atoms with E-state index in [2.05, 4.69) is 171 Å². The highest BCUT2D eigenvalue weighted by Gasteiger charge is 2.38. The van der Waals surface area contributed by atoms with Gasteiger partial charge in [-0.15, -0.1) is 12.8 Å². The molecule has 0 saturated carbocycles. The highest BCUT2D eigenvalue weighted by atomic mass is 16.5. The van der Waals surface area contributed by atoms with Gasteiger partial charge in [0.05, 0.1) is 10.8 Å². The van der Waals surface area contributed by atoms with Crippen LogP contribution in [0.25, 0.3) is 22.3 Å². The van der Waals surface area contributed by atoms with Crippen molar-refractivity contribution in [1.29, 1.82) is 0 Å². The predicted molar refractivity (Wildman–Crippen MR) is 224 cm³/mol. The molecule has 0 aromatic heterocycles. The molecule has 0 saturated heterocycles. The quantitative estimate of drug-likeness (QED) is 0.165. The molecule has 6 aromatic carbocycles. The Morgan fingerprint density at radius 1 is 0.491 bits per heavy atom. The molecule has 1 heteroatoms. The molecule has 6 aromatic rings. The maximum Gasteiger partial charge on any atom is 0.148 e. The van der Waals surface area contributed by atoms with Crippen LogP contribution in [-0.2, 0) is 10.8 Å². The second-order valence-corrected chi connectivity index (χ2v) is 12.7. The molecule has 258 valence electrons. The van der Waals surface area contributed by atoms with E-state index in [9.17, 15) is 0 Å². The molecule has 2 aliphatic rings. The largest absolute Gasteiger partial charge is 0.481 e. The Hall–Kier alpha value is -6.64. The van der Waals surface area contributed by atoms with Crippen LogP contribution in [0.5, 0.6) is 5.75 Å². The molecule has 0 fully saturated rings. The Morgan fingerprint density at radius 3 is 1.26 bits per heavy atom. The van der Waals surface area contributed by atoms with Crippen LogP contribution in [0.15, 0.2) is 146 Å². The van der Waals surface area contributed by atoms with Crippen molar-refractivity contribution in [2.24, 2.45) is 0 Å². The van der Waals surface area contributed by atoms with E-state index >= 15 is 0 Å². The molecule has 0 atom stereocenters. The van der Waals surface area contributed by atoms with E-state index in [1.807, 2.05) is 32.0 Å². The molecule has 0 heterocycles. The number of benzene rings is 6. The lowest BCUT2D eigenvalue weighted by Gasteiger charge is -2.20. The predicted octanol–water partition coefficient (Wildman–Crippen LogP) is 11.7. The fourth-order valence-corrected chi connectivity index (χ4v) is 7.05. The fourth-order valence-electron chi connectivity index (χ4n) is 7.05. The van der Waals surface area contributed by atoms with Crippen molar-refractivity contribution in [2.45, 2.75) is 46.0 Å². The van der Waals surface area contributed by atoms with Crippen LogP contribution < -0.4 is 4.74 Å².